The van der Waals surface area contributed by atoms with Gasteiger partial charge in [0.15, 0.2) is 5.65 Å². The van der Waals surface area contributed by atoms with Crippen molar-refractivity contribution < 1.29 is 17.9 Å². The van der Waals surface area contributed by atoms with E-state index in [4.69, 9.17) is 21.3 Å². The summed E-state index contributed by atoms with van der Waals surface area (Å²) in [6.07, 6.45) is 1.61. The molecule has 0 aliphatic heterocycles. The summed E-state index contributed by atoms with van der Waals surface area (Å²) in [5, 5.41) is 0.415. The monoisotopic (exact) mass is 486 g/mol. The van der Waals surface area contributed by atoms with Gasteiger partial charge in [-0.25, -0.2) is 23.2 Å². The summed E-state index contributed by atoms with van der Waals surface area (Å²) in [4.78, 5) is 22.4. The zero-order valence-corrected chi connectivity index (χ0v) is 19.8. The number of rotatable bonds is 8. The number of nitrogens with one attached hydrogen (secondary N) is 1. The number of para-hydroxylation sites is 2. The van der Waals surface area contributed by atoms with Crippen molar-refractivity contribution in [1.29, 1.82) is 0 Å². The Bertz CT molecular complexity index is 1430. The van der Waals surface area contributed by atoms with E-state index in [1.807, 2.05) is 25.1 Å². The molecular formula is C23H23ClN4O4S. The fourth-order valence-corrected chi connectivity index (χ4v) is 4.74. The smallest absolute Gasteiger partial charge is 0.344 e. The highest BCUT2D eigenvalue weighted by Gasteiger charge is 2.29. The Kier molecular flexibility index (Phi) is 6.53. The molecule has 0 saturated carbocycles. The van der Waals surface area contributed by atoms with Gasteiger partial charge in [-0.1, -0.05) is 37.1 Å². The third kappa shape index (κ3) is 4.51. The Morgan fingerprint density at radius 1 is 1.06 bits per heavy atom. The first-order valence-electron chi connectivity index (χ1n) is 10.6. The van der Waals surface area contributed by atoms with Gasteiger partial charge < -0.3 is 9.30 Å². The topological polar surface area (TPSA) is 103 Å². The summed E-state index contributed by atoms with van der Waals surface area (Å²) >= 11 is 5.91. The van der Waals surface area contributed by atoms with Crippen molar-refractivity contribution in [2.45, 2.75) is 38.1 Å². The van der Waals surface area contributed by atoms with E-state index in [1.165, 1.54) is 24.3 Å². The maximum Gasteiger partial charge on any atom is 0.344 e. The molecule has 1 N–H and O–H groups in total. The predicted octanol–water partition coefficient (Wildman–Crippen LogP) is 5.02. The molecule has 10 heteroatoms. The molecular weight excluding hydrogens is 464 g/mol. The van der Waals surface area contributed by atoms with Gasteiger partial charge in [0, 0.05) is 11.6 Å². The number of hydrogen-bond acceptors (Lipinski definition) is 6. The number of ether oxygens (including phenoxy) is 1. The zero-order valence-electron chi connectivity index (χ0n) is 18.2. The molecule has 2 heterocycles. The van der Waals surface area contributed by atoms with Crippen molar-refractivity contribution in [2.24, 2.45) is 0 Å². The van der Waals surface area contributed by atoms with Gasteiger partial charge in [0.05, 0.1) is 22.5 Å². The number of anilines is 1. The summed E-state index contributed by atoms with van der Waals surface area (Å²) < 4.78 is 36.0. The molecule has 0 amide bonds. The molecule has 0 unspecified atom stereocenters. The summed E-state index contributed by atoms with van der Waals surface area (Å²) in [6, 6.07) is 13.1. The van der Waals surface area contributed by atoms with E-state index >= 15 is 0 Å². The van der Waals surface area contributed by atoms with E-state index in [9.17, 15) is 13.2 Å². The highest BCUT2D eigenvalue weighted by molar-refractivity contribution is 7.92. The minimum atomic E-state index is -4.04. The second-order valence-corrected chi connectivity index (χ2v) is 9.51. The zero-order chi connectivity index (χ0) is 23.6. The Hall–Kier alpha value is -3.17. The number of hydrogen-bond donors (Lipinski definition) is 1. The van der Waals surface area contributed by atoms with Crippen molar-refractivity contribution in [1.82, 2.24) is 14.5 Å². The predicted molar refractivity (Wildman–Crippen MR) is 128 cm³/mol. The van der Waals surface area contributed by atoms with E-state index < -0.39 is 16.0 Å². The molecule has 33 heavy (non-hydrogen) atoms. The molecule has 0 saturated heterocycles. The first-order chi connectivity index (χ1) is 15.9. The fraction of sp³-hybridized carbons (Fsp3) is 0.261. The Morgan fingerprint density at radius 2 is 1.73 bits per heavy atom. The SMILES string of the molecule is CCCCn1c(NS(=O)(=O)c2ccc(Cl)cc2)c(C(=O)OCC)c2nc3ccccc3nc21. The number of sulfonamides is 1. The highest BCUT2D eigenvalue weighted by atomic mass is 35.5. The molecule has 4 aromatic rings. The van der Waals surface area contributed by atoms with Crippen molar-refractivity contribution in [3.63, 3.8) is 0 Å². The van der Waals surface area contributed by atoms with Crippen LogP contribution in [0.3, 0.4) is 0 Å². The lowest BCUT2D eigenvalue weighted by Crippen LogP contribution is -2.19. The minimum absolute atomic E-state index is 0.0140. The fourth-order valence-electron chi connectivity index (χ4n) is 3.54. The summed E-state index contributed by atoms with van der Waals surface area (Å²) in [5.41, 5.74) is 1.98. The lowest BCUT2D eigenvalue weighted by molar-refractivity contribution is 0.0529. The van der Waals surface area contributed by atoms with Crippen LogP contribution in [0.4, 0.5) is 5.82 Å². The minimum Gasteiger partial charge on any atom is -0.462 e. The van der Waals surface area contributed by atoms with Crippen molar-refractivity contribution in [2.75, 3.05) is 11.3 Å². The number of carbonyl (C=O) groups excluding carboxylic acids is 1. The van der Waals surface area contributed by atoms with Gasteiger partial charge >= 0.3 is 5.97 Å². The highest BCUT2D eigenvalue weighted by Crippen LogP contribution is 2.32. The first-order valence-corrected chi connectivity index (χ1v) is 12.5. The summed E-state index contributed by atoms with van der Waals surface area (Å²) in [7, 11) is -4.04. The Labute approximate surface area is 196 Å². The molecule has 0 aliphatic carbocycles. The molecule has 2 aromatic carbocycles. The molecule has 0 aliphatic rings. The van der Waals surface area contributed by atoms with Gasteiger partial charge in [-0.05, 0) is 49.7 Å². The molecule has 0 radical (unpaired) electrons. The van der Waals surface area contributed by atoms with E-state index in [0.29, 0.717) is 28.2 Å². The van der Waals surface area contributed by atoms with E-state index in [1.54, 1.807) is 17.6 Å². The number of carbonyl (C=O) groups is 1. The third-order valence-electron chi connectivity index (χ3n) is 5.12. The molecule has 0 bridgehead atoms. The maximum atomic E-state index is 13.2. The van der Waals surface area contributed by atoms with Gasteiger partial charge in [0.1, 0.15) is 16.9 Å². The second kappa shape index (κ2) is 9.36. The van der Waals surface area contributed by atoms with Crippen LogP contribution < -0.4 is 4.72 Å². The average molecular weight is 487 g/mol. The number of aryl methyl sites for hydroxylation is 1. The van der Waals surface area contributed by atoms with Crippen LogP contribution in [0.25, 0.3) is 22.2 Å². The Morgan fingerprint density at radius 3 is 2.36 bits per heavy atom. The van der Waals surface area contributed by atoms with Crippen LogP contribution in [0.2, 0.25) is 5.02 Å². The largest absolute Gasteiger partial charge is 0.462 e. The number of benzene rings is 2. The van der Waals surface area contributed by atoms with Gasteiger partial charge in [0.25, 0.3) is 10.0 Å². The molecule has 0 atom stereocenters. The molecule has 4 rings (SSSR count). The van der Waals surface area contributed by atoms with Crippen LogP contribution in [0.1, 0.15) is 37.0 Å². The molecule has 0 fully saturated rings. The van der Waals surface area contributed by atoms with E-state index in [0.717, 1.165) is 12.8 Å². The summed E-state index contributed by atoms with van der Waals surface area (Å²) in [6.45, 7) is 4.28. The molecule has 0 spiro atoms. The first kappa shape index (κ1) is 23.0. The van der Waals surface area contributed by atoms with E-state index in [2.05, 4.69) is 9.71 Å². The third-order valence-corrected chi connectivity index (χ3v) is 6.73. The number of aromatic nitrogens is 3. The normalized spacial score (nSPS) is 11.7. The van der Waals surface area contributed by atoms with Crippen LogP contribution in [-0.4, -0.2) is 35.5 Å². The number of unbranched alkanes of at least 4 members (excludes halogenated alkanes) is 1. The van der Waals surface area contributed by atoms with Crippen molar-refractivity contribution in [3.05, 3.63) is 59.1 Å². The van der Waals surface area contributed by atoms with Gasteiger partial charge in [-0.2, -0.15) is 0 Å². The van der Waals surface area contributed by atoms with Crippen LogP contribution in [-0.2, 0) is 21.3 Å². The van der Waals surface area contributed by atoms with Crippen LogP contribution in [0.15, 0.2) is 53.4 Å². The molecule has 2 aromatic heterocycles. The quantitative estimate of drug-likeness (QED) is 0.351. The van der Waals surface area contributed by atoms with Crippen molar-refractivity contribution >= 4 is 55.6 Å². The second-order valence-electron chi connectivity index (χ2n) is 7.39. The number of halogens is 1. The number of esters is 1. The Balaban J connectivity index is 1.98. The van der Waals surface area contributed by atoms with Gasteiger partial charge in [-0.3, -0.25) is 4.72 Å². The van der Waals surface area contributed by atoms with E-state index in [-0.39, 0.29) is 28.4 Å². The average Bonchev–Trinajstić information content (AvgIpc) is 3.07. The maximum absolute atomic E-state index is 13.2. The molecule has 172 valence electrons. The lowest BCUT2D eigenvalue weighted by atomic mass is 10.2. The van der Waals surface area contributed by atoms with Crippen LogP contribution in [0.5, 0.6) is 0 Å². The number of nitrogens with zero attached hydrogens (tertiary/aromatic N) is 3. The summed E-state index contributed by atoms with van der Waals surface area (Å²) in [5.74, 6) is -0.585. The van der Waals surface area contributed by atoms with Gasteiger partial charge in [-0.15, -0.1) is 0 Å². The van der Waals surface area contributed by atoms with Crippen molar-refractivity contribution in [3.8, 4) is 0 Å². The number of fused-ring (bicyclic) bond motifs is 2. The standard InChI is InChI=1S/C23H23ClN4O4S/c1-3-5-14-28-21(27-33(30,31)16-12-10-15(24)11-13-16)19(23(29)32-4-2)20-22(28)26-18-9-7-6-8-17(18)25-20/h6-13,27H,3-5,14H2,1-2H3. The van der Waals surface area contributed by atoms with Gasteiger partial charge in [0.2, 0.25) is 0 Å². The van der Waals surface area contributed by atoms with Crippen LogP contribution >= 0.6 is 11.6 Å². The van der Waals surface area contributed by atoms with Crippen LogP contribution in [0, 0.1) is 0 Å². The molecule has 8 nitrogen and oxygen atoms in total. The lowest BCUT2D eigenvalue weighted by Gasteiger charge is -2.14.